The molecule has 0 bridgehead atoms. The second-order valence-electron chi connectivity index (χ2n) is 4.88. The van der Waals surface area contributed by atoms with Crippen molar-refractivity contribution in [2.24, 2.45) is 0 Å². The molecule has 4 heteroatoms. The average Bonchev–Trinajstić information content (AvgIpc) is 3.00. The molecule has 1 aromatic heterocycles. The third-order valence-corrected chi connectivity index (χ3v) is 4.37. The number of anilines is 1. The molecule has 0 saturated heterocycles. The van der Waals surface area contributed by atoms with Crippen LogP contribution >= 0.6 is 11.3 Å². The van der Waals surface area contributed by atoms with Crippen LogP contribution in [0, 0.1) is 0 Å². The number of fused-ring (bicyclic) bond motifs is 1. The van der Waals surface area contributed by atoms with Crippen LogP contribution in [0.3, 0.4) is 0 Å². The maximum atomic E-state index is 5.26. The topological polar surface area (TPSA) is 34.2 Å². The summed E-state index contributed by atoms with van der Waals surface area (Å²) in [6.45, 7) is 3.11. The first-order chi connectivity index (χ1) is 10.3. The van der Waals surface area contributed by atoms with Gasteiger partial charge in [0.25, 0.3) is 0 Å². The number of benzene rings is 2. The van der Waals surface area contributed by atoms with E-state index in [0.29, 0.717) is 0 Å². The van der Waals surface area contributed by atoms with Crippen LogP contribution in [0.1, 0.15) is 13.3 Å². The van der Waals surface area contributed by atoms with Gasteiger partial charge in [-0.15, -0.1) is 0 Å². The summed E-state index contributed by atoms with van der Waals surface area (Å²) in [6, 6.07) is 12.6. The molecule has 0 spiro atoms. The number of hydrogen-bond acceptors (Lipinski definition) is 4. The van der Waals surface area contributed by atoms with Gasteiger partial charge in [0.2, 0.25) is 0 Å². The van der Waals surface area contributed by atoms with Crippen molar-refractivity contribution in [2.75, 3.05) is 19.0 Å². The fourth-order valence-electron chi connectivity index (χ4n) is 2.23. The Hall–Kier alpha value is -2.07. The van der Waals surface area contributed by atoms with Gasteiger partial charge >= 0.3 is 0 Å². The van der Waals surface area contributed by atoms with Crippen molar-refractivity contribution in [1.29, 1.82) is 0 Å². The van der Waals surface area contributed by atoms with Crippen molar-refractivity contribution < 1.29 is 4.74 Å². The Morgan fingerprint density at radius 1 is 1.14 bits per heavy atom. The minimum absolute atomic E-state index is 0.888. The Bertz CT molecular complexity index is 751. The van der Waals surface area contributed by atoms with Gasteiger partial charge in [0.15, 0.2) is 5.13 Å². The zero-order valence-electron chi connectivity index (χ0n) is 12.2. The van der Waals surface area contributed by atoms with Crippen LogP contribution in [-0.4, -0.2) is 18.6 Å². The predicted molar refractivity (Wildman–Crippen MR) is 90.4 cm³/mol. The van der Waals surface area contributed by atoms with Crippen molar-refractivity contribution in [1.82, 2.24) is 4.98 Å². The Balaban J connectivity index is 1.91. The number of aromatic nitrogens is 1. The summed E-state index contributed by atoms with van der Waals surface area (Å²) in [5.41, 5.74) is 1.20. The lowest BCUT2D eigenvalue weighted by Gasteiger charge is -2.04. The molecule has 0 aliphatic heterocycles. The average molecular weight is 298 g/mol. The van der Waals surface area contributed by atoms with Gasteiger partial charge in [-0.1, -0.05) is 36.5 Å². The fraction of sp³-hybridized carbons (Fsp3) is 0.235. The maximum absolute atomic E-state index is 5.26. The number of nitrogens with zero attached hydrogens (tertiary/aromatic N) is 1. The van der Waals surface area contributed by atoms with Crippen LogP contribution < -0.4 is 10.1 Å². The van der Waals surface area contributed by atoms with Crippen molar-refractivity contribution in [3.05, 3.63) is 42.6 Å². The van der Waals surface area contributed by atoms with Crippen molar-refractivity contribution in [2.45, 2.75) is 13.3 Å². The molecular weight excluding hydrogens is 280 g/mol. The Morgan fingerprint density at radius 3 is 2.76 bits per heavy atom. The van der Waals surface area contributed by atoms with Crippen LogP contribution in [0.2, 0.25) is 0 Å². The third kappa shape index (κ3) is 3.00. The predicted octanol–water partition coefficient (Wildman–Crippen LogP) is 4.79. The lowest BCUT2D eigenvalue weighted by atomic mass is 10.1. The molecule has 0 fully saturated rings. The number of thiazole rings is 1. The van der Waals surface area contributed by atoms with E-state index >= 15 is 0 Å². The van der Waals surface area contributed by atoms with Gasteiger partial charge in [-0.3, -0.25) is 0 Å². The van der Waals surface area contributed by atoms with E-state index in [9.17, 15) is 0 Å². The van der Waals surface area contributed by atoms with E-state index in [0.717, 1.165) is 23.8 Å². The first-order valence-corrected chi connectivity index (χ1v) is 7.89. The van der Waals surface area contributed by atoms with Crippen LogP contribution in [0.4, 0.5) is 5.13 Å². The normalized spacial score (nSPS) is 10.8. The molecule has 21 heavy (non-hydrogen) atoms. The Morgan fingerprint density at radius 2 is 1.95 bits per heavy atom. The summed E-state index contributed by atoms with van der Waals surface area (Å²) >= 11 is 1.70. The molecule has 0 aliphatic rings. The first-order valence-electron chi connectivity index (χ1n) is 7.08. The minimum Gasteiger partial charge on any atom is -0.497 e. The fourth-order valence-corrected chi connectivity index (χ4v) is 3.06. The number of hydrogen-bond donors (Lipinski definition) is 1. The summed E-state index contributed by atoms with van der Waals surface area (Å²) in [6.07, 6.45) is 3.04. The molecule has 0 radical (unpaired) electrons. The summed E-state index contributed by atoms with van der Waals surface area (Å²) in [5, 5.41) is 6.71. The van der Waals surface area contributed by atoms with E-state index in [2.05, 4.69) is 47.6 Å². The quantitative estimate of drug-likeness (QED) is 0.735. The van der Waals surface area contributed by atoms with Gasteiger partial charge in [-0.25, -0.2) is 4.98 Å². The molecule has 0 aliphatic carbocycles. The lowest BCUT2D eigenvalue weighted by Crippen LogP contribution is -1.97. The molecule has 1 N–H and O–H groups in total. The highest BCUT2D eigenvalue weighted by atomic mass is 32.1. The van der Waals surface area contributed by atoms with E-state index in [1.54, 1.807) is 18.4 Å². The van der Waals surface area contributed by atoms with Crippen LogP contribution in [0.15, 0.2) is 42.6 Å². The molecule has 1 heterocycles. The molecule has 0 atom stereocenters. The van der Waals surface area contributed by atoms with Gasteiger partial charge < -0.3 is 10.1 Å². The number of rotatable bonds is 5. The zero-order valence-corrected chi connectivity index (χ0v) is 13.0. The van der Waals surface area contributed by atoms with Crippen LogP contribution in [0.5, 0.6) is 5.75 Å². The standard InChI is InChI=1S/C17H18N2OS/c1-3-8-18-17-19-11-16(21-17)14-5-4-13-10-15(20-2)7-6-12(13)9-14/h4-7,9-11H,3,8H2,1-2H3,(H,18,19). The van der Waals surface area contributed by atoms with Crippen LogP contribution in [-0.2, 0) is 0 Å². The molecule has 0 saturated carbocycles. The van der Waals surface area contributed by atoms with Gasteiger partial charge in [0, 0.05) is 12.7 Å². The zero-order chi connectivity index (χ0) is 14.7. The van der Waals surface area contributed by atoms with Crippen molar-refractivity contribution >= 4 is 27.2 Å². The highest BCUT2D eigenvalue weighted by Crippen LogP contribution is 2.32. The van der Waals surface area contributed by atoms with Gasteiger partial charge in [0.05, 0.1) is 12.0 Å². The SMILES string of the molecule is CCCNc1ncc(-c2ccc3cc(OC)ccc3c2)s1. The largest absolute Gasteiger partial charge is 0.497 e. The molecule has 2 aromatic carbocycles. The smallest absolute Gasteiger partial charge is 0.183 e. The van der Waals surface area contributed by atoms with E-state index in [1.165, 1.54) is 21.2 Å². The molecule has 0 unspecified atom stereocenters. The van der Waals surface area contributed by atoms with E-state index < -0.39 is 0 Å². The minimum atomic E-state index is 0.888. The molecular formula is C17H18N2OS. The third-order valence-electron chi connectivity index (χ3n) is 3.36. The second-order valence-corrected chi connectivity index (χ2v) is 5.91. The summed E-state index contributed by atoms with van der Waals surface area (Å²) in [7, 11) is 1.69. The van der Waals surface area contributed by atoms with Crippen molar-refractivity contribution in [3.63, 3.8) is 0 Å². The summed E-state index contributed by atoms with van der Waals surface area (Å²) < 4.78 is 5.26. The monoisotopic (exact) mass is 298 g/mol. The van der Waals surface area contributed by atoms with Crippen LogP contribution in [0.25, 0.3) is 21.2 Å². The summed E-state index contributed by atoms with van der Waals surface area (Å²) in [5.74, 6) is 0.888. The number of ether oxygens (including phenoxy) is 1. The van der Waals surface area contributed by atoms with E-state index in [4.69, 9.17) is 4.74 Å². The number of methoxy groups -OCH3 is 1. The number of nitrogens with one attached hydrogen (secondary N) is 1. The van der Waals surface area contributed by atoms with Crippen molar-refractivity contribution in [3.8, 4) is 16.2 Å². The molecule has 3 aromatic rings. The Labute approximate surface area is 128 Å². The highest BCUT2D eigenvalue weighted by Gasteiger charge is 2.05. The lowest BCUT2D eigenvalue weighted by molar-refractivity contribution is 0.415. The van der Waals surface area contributed by atoms with Gasteiger partial charge in [-0.2, -0.15) is 0 Å². The second kappa shape index (κ2) is 6.14. The molecule has 0 amide bonds. The van der Waals surface area contributed by atoms with E-state index in [-0.39, 0.29) is 0 Å². The van der Waals surface area contributed by atoms with E-state index in [1.807, 2.05) is 12.3 Å². The maximum Gasteiger partial charge on any atom is 0.183 e. The first kappa shape index (κ1) is 13.9. The highest BCUT2D eigenvalue weighted by molar-refractivity contribution is 7.18. The summed E-state index contributed by atoms with van der Waals surface area (Å²) in [4.78, 5) is 5.61. The molecule has 108 valence electrons. The van der Waals surface area contributed by atoms with Gasteiger partial charge in [0.1, 0.15) is 5.75 Å². The Kier molecular flexibility index (Phi) is 4.06. The molecule has 3 rings (SSSR count). The van der Waals surface area contributed by atoms with Gasteiger partial charge in [-0.05, 0) is 41.0 Å². The molecule has 3 nitrogen and oxygen atoms in total.